The minimum absolute atomic E-state index is 0.175. The van der Waals surface area contributed by atoms with Crippen molar-refractivity contribution in [3.05, 3.63) is 89.4 Å². The third-order valence-corrected chi connectivity index (χ3v) is 5.33. The fourth-order valence-electron chi connectivity index (χ4n) is 3.51. The lowest BCUT2D eigenvalue weighted by atomic mass is 10.0. The lowest BCUT2D eigenvalue weighted by Crippen LogP contribution is -2.12. The molecule has 5 aromatic rings. The van der Waals surface area contributed by atoms with E-state index in [1.807, 2.05) is 60.7 Å². The molecule has 0 radical (unpaired) electrons. The van der Waals surface area contributed by atoms with Crippen molar-refractivity contribution in [2.75, 3.05) is 12.4 Å². The number of halogens is 1. The van der Waals surface area contributed by atoms with Gasteiger partial charge in [-0.15, -0.1) is 10.2 Å². The molecule has 0 spiro atoms. The fourth-order valence-corrected chi connectivity index (χ4v) is 3.76. The molecule has 4 aromatic carbocycles. The molecule has 0 saturated carbocycles. The normalized spacial score (nSPS) is 11.0. The Labute approximate surface area is 183 Å². The third kappa shape index (κ3) is 3.58. The Morgan fingerprint density at radius 3 is 2.58 bits per heavy atom. The summed E-state index contributed by atoms with van der Waals surface area (Å²) in [4.78, 5) is 14.4. The molecule has 0 fully saturated rings. The van der Waals surface area contributed by atoms with Crippen LogP contribution in [0.2, 0.25) is 5.02 Å². The van der Waals surface area contributed by atoms with Crippen LogP contribution >= 0.6 is 11.6 Å². The SMILES string of the molecule is COc1ccc(-n2nc3ccc(NC(=O)c4cccc5ccccc45)cc3n2)cc1Cl. The summed E-state index contributed by atoms with van der Waals surface area (Å²) in [5.41, 5.74) is 3.33. The van der Waals surface area contributed by atoms with E-state index in [-0.39, 0.29) is 5.91 Å². The van der Waals surface area contributed by atoms with Gasteiger partial charge in [-0.25, -0.2) is 0 Å². The molecule has 0 saturated heterocycles. The molecule has 0 unspecified atom stereocenters. The van der Waals surface area contributed by atoms with Crippen molar-refractivity contribution >= 4 is 45.0 Å². The molecule has 0 aliphatic rings. The quantitative estimate of drug-likeness (QED) is 0.411. The zero-order valence-electron chi connectivity index (χ0n) is 16.5. The van der Waals surface area contributed by atoms with Crippen molar-refractivity contribution in [3.63, 3.8) is 0 Å². The van der Waals surface area contributed by atoms with Gasteiger partial charge in [-0.2, -0.15) is 4.80 Å². The Balaban J connectivity index is 1.45. The Bertz CT molecular complexity index is 1440. The number of fused-ring (bicyclic) bond motifs is 2. The highest BCUT2D eigenvalue weighted by atomic mass is 35.5. The van der Waals surface area contributed by atoms with Crippen LogP contribution in [-0.4, -0.2) is 28.0 Å². The van der Waals surface area contributed by atoms with E-state index in [2.05, 4.69) is 15.5 Å². The smallest absolute Gasteiger partial charge is 0.256 e. The number of nitrogens with zero attached hydrogens (tertiary/aromatic N) is 3. The molecule has 1 N–H and O–H groups in total. The van der Waals surface area contributed by atoms with Crippen molar-refractivity contribution in [2.24, 2.45) is 0 Å². The van der Waals surface area contributed by atoms with Crippen molar-refractivity contribution in [1.82, 2.24) is 15.0 Å². The highest BCUT2D eigenvalue weighted by Crippen LogP contribution is 2.27. The summed E-state index contributed by atoms with van der Waals surface area (Å²) < 4.78 is 5.19. The maximum Gasteiger partial charge on any atom is 0.256 e. The highest BCUT2D eigenvalue weighted by Gasteiger charge is 2.12. The van der Waals surface area contributed by atoms with E-state index in [9.17, 15) is 4.79 Å². The minimum atomic E-state index is -0.175. The topological polar surface area (TPSA) is 69.0 Å². The second kappa shape index (κ2) is 7.74. The van der Waals surface area contributed by atoms with Gasteiger partial charge in [0.15, 0.2) is 0 Å². The Hall–Kier alpha value is -3.90. The number of carbonyl (C=O) groups excluding carboxylic acids is 1. The summed E-state index contributed by atoms with van der Waals surface area (Å²) in [6.45, 7) is 0. The van der Waals surface area contributed by atoms with Crippen LogP contribution in [0.5, 0.6) is 5.75 Å². The molecule has 31 heavy (non-hydrogen) atoms. The van der Waals surface area contributed by atoms with Crippen molar-refractivity contribution in [1.29, 1.82) is 0 Å². The highest BCUT2D eigenvalue weighted by molar-refractivity contribution is 6.32. The van der Waals surface area contributed by atoms with Crippen LogP contribution in [0.3, 0.4) is 0 Å². The number of carbonyl (C=O) groups is 1. The Kier molecular flexibility index (Phi) is 4.76. The maximum absolute atomic E-state index is 12.9. The lowest BCUT2D eigenvalue weighted by Gasteiger charge is -2.08. The zero-order chi connectivity index (χ0) is 21.4. The van der Waals surface area contributed by atoms with Crippen LogP contribution in [0.15, 0.2) is 78.9 Å². The molecule has 0 atom stereocenters. The first-order chi connectivity index (χ1) is 15.1. The van der Waals surface area contributed by atoms with E-state index in [1.54, 1.807) is 25.3 Å². The van der Waals surface area contributed by atoms with Gasteiger partial charge in [0.25, 0.3) is 5.91 Å². The summed E-state index contributed by atoms with van der Waals surface area (Å²) in [5, 5.41) is 14.4. The standard InChI is InChI=1S/C24H17ClN4O2/c1-31-23-12-10-17(14-20(23)25)29-27-21-11-9-16(13-22(21)28-29)26-24(30)19-8-4-6-15-5-2-3-7-18(15)19/h2-14H,1H3,(H,26,30). The number of amides is 1. The minimum Gasteiger partial charge on any atom is -0.495 e. The summed E-state index contributed by atoms with van der Waals surface area (Å²) in [6, 6.07) is 24.3. The lowest BCUT2D eigenvalue weighted by molar-refractivity contribution is 0.102. The van der Waals surface area contributed by atoms with Gasteiger partial charge >= 0.3 is 0 Å². The van der Waals surface area contributed by atoms with E-state index in [0.29, 0.717) is 38.7 Å². The van der Waals surface area contributed by atoms with Gasteiger partial charge in [-0.05, 0) is 53.2 Å². The van der Waals surface area contributed by atoms with Gasteiger partial charge in [0.2, 0.25) is 0 Å². The van der Waals surface area contributed by atoms with E-state index in [0.717, 1.165) is 10.8 Å². The maximum atomic E-state index is 12.9. The molecule has 1 heterocycles. The molecule has 7 heteroatoms. The number of hydrogen-bond donors (Lipinski definition) is 1. The number of benzene rings is 4. The van der Waals surface area contributed by atoms with E-state index >= 15 is 0 Å². The molecule has 0 aliphatic heterocycles. The number of ether oxygens (including phenoxy) is 1. The molecule has 0 bridgehead atoms. The van der Waals surface area contributed by atoms with Crippen molar-refractivity contribution < 1.29 is 9.53 Å². The second-order valence-corrected chi connectivity index (χ2v) is 7.40. The largest absolute Gasteiger partial charge is 0.495 e. The number of methoxy groups -OCH3 is 1. The number of anilines is 1. The van der Waals surface area contributed by atoms with Crippen LogP contribution in [0.25, 0.3) is 27.5 Å². The molecule has 6 nitrogen and oxygen atoms in total. The summed E-state index contributed by atoms with van der Waals surface area (Å²) in [5.74, 6) is 0.408. The van der Waals surface area contributed by atoms with Gasteiger partial charge in [-0.3, -0.25) is 4.79 Å². The van der Waals surface area contributed by atoms with Gasteiger partial charge < -0.3 is 10.1 Å². The van der Waals surface area contributed by atoms with Crippen LogP contribution in [0.4, 0.5) is 5.69 Å². The molecular weight excluding hydrogens is 412 g/mol. The molecule has 0 aliphatic carbocycles. The van der Waals surface area contributed by atoms with Crippen molar-refractivity contribution in [2.45, 2.75) is 0 Å². The van der Waals surface area contributed by atoms with E-state index in [4.69, 9.17) is 16.3 Å². The number of hydrogen-bond acceptors (Lipinski definition) is 4. The first-order valence-electron chi connectivity index (χ1n) is 9.62. The predicted molar refractivity (Wildman–Crippen MR) is 122 cm³/mol. The van der Waals surface area contributed by atoms with Gasteiger partial charge in [0, 0.05) is 11.3 Å². The second-order valence-electron chi connectivity index (χ2n) is 6.99. The average molecular weight is 429 g/mol. The first-order valence-corrected chi connectivity index (χ1v) is 10.0. The average Bonchev–Trinajstić information content (AvgIpc) is 3.22. The van der Waals surface area contributed by atoms with Gasteiger partial charge in [-0.1, -0.05) is 48.0 Å². The molecule has 1 amide bonds. The molecular formula is C24H17ClN4O2. The van der Waals surface area contributed by atoms with E-state index in [1.165, 1.54) is 4.80 Å². The number of aromatic nitrogens is 3. The summed E-state index contributed by atoms with van der Waals surface area (Å²) >= 11 is 6.22. The fraction of sp³-hybridized carbons (Fsp3) is 0.0417. The van der Waals surface area contributed by atoms with Crippen LogP contribution in [0.1, 0.15) is 10.4 Å². The van der Waals surface area contributed by atoms with Gasteiger partial charge in [0.05, 0.1) is 17.8 Å². The molecule has 5 rings (SSSR count). The zero-order valence-corrected chi connectivity index (χ0v) is 17.3. The summed E-state index contributed by atoms with van der Waals surface area (Å²) in [6.07, 6.45) is 0. The Morgan fingerprint density at radius 2 is 1.74 bits per heavy atom. The van der Waals surface area contributed by atoms with E-state index < -0.39 is 0 Å². The van der Waals surface area contributed by atoms with Gasteiger partial charge in [0.1, 0.15) is 16.8 Å². The van der Waals surface area contributed by atoms with Crippen LogP contribution in [-0.2, 0) is 0 Å². The predicted octanol–water partition coefficient (Wildman–Crippen LogP) is 5.49. The van der Waals surface area contributed by atoms with Crippen LogP contribution < -0.4 is 10.1 Å². The molecule has 1 aromatic heterocycles. The number of rotatable bonds is 4. The third-order valence-electron chi connectivity index (χ3n) is 5.04. The summed E-state index contributed by atoms with van der Waals surface area (Å²) in [7, 11) is 1.56. The molecule has 152 valence electrons. The monoisotopic (exact) mass is 428 g/mol. The van der Waals surface area contributed by atoms with Crippen LogP contribution in [0, 0.1) is 0 Å². The Morgan fingerprint density at radius 1 is 0.935 bits per heavy atom. The van der Waals surface area contributed by atoms with Crippen molar-refractivity contribution in [3.8, 4) is 11.4 Å². The first kappa shape index (κ1) is 19.1. The number of nitrogens with one attached hydrogen (secondary N) is 1.